The van der Waals surface area contributed by atoms with E-state index in [1.807, 2.05) is 13.0 Å². The van der Waals surface area contributed by atoms with Gasteiger partial charge in [0.25, 0.3) is 5.91 Å². The largest absolute Gasteiger partial charge is 0.416 e. The van der Waals surface area contributed by atoms with Crippen LogP contribution in [0.5, 0.6) is 0 Å². The number of amides is 1. The molecule has 0 saturated heterocycles. The molecule has 0 N–H and O–H groups in total. The summed E-state index contributed by atoms with van der Waals surface area (Å²) in [6.07, 6.45) is -2.58. The lowest BCUT2D eigenvalue weighted by Gasteiger charge is -2.30. The molecule has 1 aliphatic rings. The Labute approximate surface area is 142 Å². The first kappa shape index (κ1) is 17.0. The van der Waals surface area contributed by atoms with Crippen molar-refractivity contribution in [2.75, 3.05) is 0 Å². The first-order valence-corrected chi connectivity index (χ1v) is 8.65. The maximum atomic E-state index is 13.0. The number of hydrogen-bond acceptors (Lipinski definition) is 2. The molecule has 1 aromatic heterocycles. The molecule has 2 aromatic rings. The number of carbonyl (C=O) groups excluding carboxylic acids is 1. The first-order chi connectivity index (χ1) is 11.3. The van der Waals surface area contributed by atoms with Crippen molar-refractivity contribution in [3.63, 3.8) is 0 Å². The zero-order valence-electron chi connectivity index (χ0n) is 13.4. The van der Waals surface area contributed by atoms with Gasteiger partial charge in [0.1, 0.15) is 0 Å². The number of benzene rings is 1. The van der Waals surface area contributed by atoms with E-state index in [9.17, 15) is 18.0 Å². The summed E-state index contributed by atoms with van der Waals surface area (Å²) < 4.78 is 38.9. The molecule has 6 heteroatoms. The van der Waals surface area contributed by atoms with Crippen molar-refractivity contribution in [2.24, 2.45) is 0 Å². The van der Waals surface area contributed by atoms with Crippen LogP contribution in [0.3, 0.4) is 0 Å². The van der Waals surface area contributed by atoms with Gasteiger partial charge >= 0.3 is 6.18 Å². The number of thiophene rings is 1. The fraction of sp³-hybridized carbons (Fsp3) is 0.389. The number of hydrogen-bond donors (Lipinski definition) is 0. The van der Waals surface area contributed by atoms with Crippen LogP contribution in [0.15, 0.2) is 36.4 Å². The van der Waals surface area contributed by atoms with Crippen LogP contribution in [0.4, 0.5) is 13.2 Å². The zero-order chi connectivity index (χ0) is 17.5. The van der Waals surface area contributed by atoms with Crippen molar-refractivity contribution in [3.8, 4) is 0 Å². The van der Waals surface area contributed by atoms with Gasteiger partial charge in [0.05, 0.1) is 16.5 Å². The molecular formula is C18H18F3NOS. The van der Waals surface area contributed by atoms with E-state index in [2.05, 4.69) is 0 Å². The minimum absolute atomic E-state index is 0.0967. The highest BCUT2D eigenvalue weighted by atomic mass is 32.1. The molecule has 1 amide bonds. The highest BCUT2D eigenvalue weighted by Gasteiger charge is 2.38. The Morgan fingerprint density at radius 2 is 1.96 bits per heavy atom. The summed E-state index contributed by atoms with van der Waals surface area (Å²) in [7, 11) is 0. The summed E-state index contributed by atoms with van der Waals surface area (Å²) in [6.45, 7) is 3.73. The van der Waals surface area contributed by atoms with Crippen LogP contribution in [-0.2, 0) is 6.18 Å². The van der Waals surface area contributed by atoms with Gasteiger partial charge < -0.3 is 4.90 Å². The van der Waals surface area contributed by atoms with Crippen LogP contribution in [-0.4, -0.2) is 16.8 Å². The van der Waals surface area contributed by atoms with E-state index in [0.29, 0.717) is 10.4 Å². The molecule has 24 heavy (non-hydrogen) atoms. The van der Waals surface area contributed by atoms with Gasteiger partial charge in [-0.3, -0.25) is 4.79 Å². The Kier molecular flexibility index (Phi) is 4.42. The molecule has 0 spiro atoms. The number of nitrogens with zero attached hydrogens (tertiary/aromatic N) is 1. The average Bonchev–Trinajstić information content (AvgIpc) is 3.26. The van der Waals surface area contributed by atoms with Gasteiger partial charge in [0, 0.05) is 10.9 Å². The van der Waals surface area contributed by atoms with E-state index >= 15 is 0 Å². The molecule has 1 unspecified atom stereocenters. The highest BCUT2D eigenvalue weighted by Crippen LogP contribution is 2.38. The van der Waals surface area contributed by atoms with Gasteiger partial charge in [0.15, 0.2) is 0 Å². The summed E-state index contributed by atoms with van der Waals surface area (Å²) in [5.41, 5.74) is -0.166. The number of aryl methyl sites for hydroxylation is 1. The summed E-state index contributed by atoms with van der Waals surface area (Å²) >= 11 is 1.42. The lowest BCUT2D eigenvalue weighted by molar-refractivity contribution is -0.137. The van der Waals surface area contributed by atoms with Gasteiger partial charge in [-0.05, 0) is 56.5 Å². The van der Waals surface area contributed by atoms with Crippen molar-refractivity contribution >= 4 is 17.2 Å². The second-order valence-corrected chi connectivity index (χ2v) is 7.44. The normalized spacial score (nSPS) is 16.0. The van der Waals surface area contributed by atoms with Crippen molar-refractivity contribution in [3.05, 3.63) is 57.3 Å². The summed E-state index contributed by atoms with van der Waals surface area (Å²) in [5.74, 6) is -0.0967. The fourth-order valence-electron chi connectivity index (χ4n) is 2.82. The van der Waals surface area contributed by atoms with Crippen molar-refractivity contribution < 1.29 is 18.0 Å². The Balaban J connectivity index is 1.90. The maximum absolute atomic E-state index is 13.0. The molecule has 1 aromatic carbocycles. The van der Waals surface area contributed by atoms with Gasteiger partial charge in [0.2, 0.25) is 0 Å². The van der Waals surface area contributed by atoms with Crippen LogP contribution in [0, 0.1) is 6.92 Å². The molecule has 1 aliphatic carbocycles. The fourth-order valence-corrected chi connectivity index (χ4v) is 3.63. The second kappa shape index (κ2) is 6.24. The molecule has 128 valence electrons. The standard InChI is InChI=1S/C18H18F3NOS/c1-11-6-9-16(24-11)17(23)22(15-7-8-15)12(2)13-4-3-5-14(10-13)18(19,20)21/h3-6,9-10,12,15H,7-8H2,1-2H3. The SMILES string of the molecule is Cc1ccc(C(=O)N(C2CC2)C(C)c2cccc(C(F)(F)F)c2)s1. The lowest BCUT2D eigenvalue weighted by atomic mass is 10.0. The predicted molar refractivity (Wildman–Crippen MR) is 88.1 cm³/mol. The Hall–Kier alpha value is -1.82. The van der Waals surface area contributed by atoms with E-state index in [1.165, 1.54) is 17.4 Å². The monoisotopic (exact) mass is 353 g/mol. The van der Waals surface area contributed by atoms with Crippen LogP contribution < -0.4 is 0 Å². The average molecular weight is 353 g/mol. The van der Waals surface area contributed by atoms with E-state index < -0.39 is 17.8 Å². The number of alkyl halides is 3. The Morgan fingerprint density at radius 1 is 1.25 bits per heavy atom. The lowest BCUT2D eigenvalue weighted by Crippen LogP contribution is -2.35. The molecule has 3 rings (SSSR count). The van der Waals surface area contributed by atoms with Crippen molar-refractivity contribution in [2.45, 2.75) is 44.9 Å². The summed E-state index contributed by atoms with van der Waals surface area (Å²) in [4.78, 5) is 16.3. The van der Waals surface area contributed by atoms with Crippen molar-refractivity contribution in [1.29, 1.82) is 0 Å². The quantitative estimate of drug-likeness (QED) is 0.716. The third kappa shape index (κ3) is 3.48. The maximum Gasteiger partial charge on any atom is 0.416 e. The number of halogens is 3. The van der Waals surface area contributed by atoms with Crippen LogP contribution >= 0.6 is 11.3 Å². The van der Waals surface area contributed by atoms with Crippen LogP contribution in [0.1, 0.15) is 51.5 Å². The van der Waals surface area contributed by atoms with Gasteiger partial charge in [-0.1, -0.05) is 12.1 Å². The van der Waals surface area contributed by atoms with Crippen molar-refractivity contribution in [1.82, 2.24) is 4.90 Å². The predicted octanol–water partition coefficient (Wildman–Crippen LogP) is 5.44. The van der Waals surface area contributed by atoms with Crippen LogP contribution in [0.2, 0.25) is 0 Å². The molecule has 2 nitrogen and oxygen atoms in total. The molecule has 0 radical (unpaired) electrons. The molecule has 0 bridgehead atoms. The molecule has 1 atom stereocenters. The van der Waals surface area contributed by atoms with Gasteiger partial charge in [-0.2, -0.15) is 13.2 Å². The third-order valence-electron chi connectivity index (χ3n) is 4.24. The molecular weight excluding hydrogens is 335 g/mol. The zero-order valence-corrected chi connectivity index (χ0v) is 14.2. The topological polar surface area (TPSA) is 20.3 Å². The smallest absolute Gasteiger partial charge is 0.328 e. The minimum Gasteiger partial charge on any atom is -0.328 e. The molecule has 0 aliphatic heterocycles. The Morgan fingerprint density at radius 3 is 2.50 bits per heavy atom. The number of carbonyl (C=O) groups is 1. The molecule has 1 fully saturated rings. The molecule has 1 saturated carbocycles. The first-order valence-electron chi connectivity index (χ1n) is 7.83. The summed E-state index contributed by atoms with van der Waals surface area (Å²) in [6, 6.07) is 8.66. The van der Waals surface area contributed by atoms with E-state index in [-0.39, 0.29) is 11.9 Å². The minimum atomic E-state index is -4.38. The number of rotatable bonds is 4. The third-order valence-corrected chi connectivity index (χ3v) is 5.23. The second-order valence-electron chi connectivity index (χ2n) is 6.15. The van der Waals surface area contributed by atoms with Gasteiger partial charge in [-0.15, -0.1) is 11.3 Å². The molecule has 1 heterocycles. The van der Waals surface area contributed by atoms with Gasteiger partial charge in [-0.25, -0.2) is 0 Å². The Bertz CT molecular complexity index is 749. The highest BCUT2D eigenvalue weighted by molar-refractivity contribution is 7.13. The van der Waals surface area contributed by atoms with E-state index in [0.717, 1.165) is 29.9 Å². The van der Waals surface area contributed by atoms with E-state index in [1.54, 1.807) is 24.0 Å². The van der Waals surface area contributed by atoms with E-state index in [4.69, 9.17) is 0 Å². The van der Waals surface area contributed by atoms with Crippen LogP contribution in [0.25, 0.3) is 0 Å². The summed E-state index contributed by atoms with van der Waals surface area (Å²) in [5, 5.41) is 0.